The lowest BCUT2D eigenvalue weighted by atomic mass is 10.1. The number of nitriles is 1. The first-order chi connectivity index (χ1) is 15.1. The highest BCUT2D eigenvalue weighted by Gasteiger charge is 2.12. The van der Waals surface area contributed by atoms with Gasteiger partial charge in [0.1, 0.15) is 16.8 Å². The molecule has 0 unspecified atom stereocenters. The molecular formula is C23H24N4O2S2. The number of unbranched alkanes of at least 4 members (excludes halogenated alkanes) is 1. The van der Waals surface area contributed by atoms with Crippen molar-refractivity contribution in [2.45, 2.75) is 37.6 Å². The number of ether oxygens (including phenoxy) is 1. The van der Waals surface area contributed by atoms with Crippen molar-refractivity contribution in [1.29, 1.82) is 5.26 Å². The third-order valence-electron chi connectivity index (χ3n) is 4.53. The van der Waals surface area contributed by atoms with Crippen LogP contribution in [0.1, 0.15) is 37.4 Å². The Labute approximate surface area is 190 Å². The van der Waals surface area contributed by atoms with Gasteiger partial charge in [0.25, 0.3) is 0 Å². The van der Waals surface area contributed by atoms with Gasteiger partial charge in [0.15, 0.2) is 5.13 Å². The van der Waals surface area contributed by atoms with Gasteiger partial charge in [0.05, 0.1) is 18.4 Å². The Hall–Kier alpha value is -2.89. The van der Waals surface area contributed by atoms with Gasteiger partial charge >= 0.3 is 0 Å². The monoisotopic (exact) mass is 452 g/mol. The summed E-state index contributed by atoms with van der Waals surface area (Å²) >= 11 is 2.81. The number of nitrogens with one attached hydrogen (secondary N) is 1. The zero-order valence-electron chi connectivity index (χ0n) is 17.6. The molecule has 0 fully saturated rings. The van der Waals surface area contributed by atoms with Crippen LogP contribution in [0.5, 0.6) is 5.75 Å². The molecule has 2 aromatic heterocycles. The molecule has 6 nitrogen and oxygen atoms in total. The number of rotatable bonds is 10. The number of carbonyl (C=O) groups is 1. The van der Waals surface area contributed by atoms with Crippen LogP contribution in [0.3, 0.4) is 0 Å². The molecule has 0 radical (unpaired) electrons. The van der Waals surface area contributed by atoms with Gasteiger partial charge in [0, 0.05) is 28.8 Å². The second-order valence-electron chi connectivity index (χ2n) is 6.76. The summed E-state index contributed by atoms with van der Waals surface area (Å²) in [6.07, 6.45) is 3.37. The lowest BCUT2D eigenvalue weighted by molar-refractivity contribution is -0.115. The number of thioether (sulfide) groups is 1. The fourth-order valence-corrected chi connectivity index (χ4v) is 4.56. The first-order valence-corrected chi connectivity index (χ1v) is 11.9. The van der Waals surface area contributed by atoms with Gasteiger partial charge in [-0.3, -0.25) is 4.79 Å². The predicted octanol–water partition coefficient (Wildman–Crippen LogP) is 5.55. The molecule has 0 saturated carbocycles. The summed E-state index contributed by atoms with van der Waals surface area (Å²) in [5.41, 5.74) is 3.18. The number of para-hydroxylation sites is 1. The summed E-state index contributed by atoms with van der Waals surface area (Å²) in [6.45, 7) is 2.14. The first kappa shape index (κ1) is 22.8. The number of aryl methyl sites for hydroxylation is 1. The van der Waals surface area contributed by atoms with E-state index in [1.807, 2.05) is 41.8 Å². The highest BCUT2D eigenvalue weighted by molar-refractivity contribution is 7.99. The minimum atomic E-state index is -0.117. The molecule has 1 N–H and O–H groups in total. The standard InChI is InChI=1S/C23H24N4O2S2/c1-3-4-7-17-11-10-16(14-24)22(25-17)30-13-12-21(28)27-23-26-19(15-31-23)18-8-5-6-9-20(18)29-2/h5-6,8-11,15H,3-4,7,12-13H2,1-2H3,(H,26,27,28). The van der Waals surface area contributed by atoms with E-state index in [4.69, 9.17) is 4.74 Å². The minimum absolute atomic E-state index is 0.117. The topological polar surface area (TPSA) is 87.9 Å². The molecule has 0 aliphatic rings. The normalized spacial score (nSPS) is 10.5. The number of anilines is 1. The molecule has 0 spiro atoms. The van der Waals surface area contributed by atoms with E-state index in [1.165, 1.54) is 23.1 Å². The van der Waals surface area contributed by atoms with Crippen LogP contribution in [-0.4, -0.2) is 28.7 Å². The van der Waals surface area contributed by atoms with Crippen molar-refractivity contribution >= 4 is 34.1 Å². The van der Waals surface area contributed by atoms with Crippen LogP contribution in [0, 0.1) is 11.3 Å². The smallest absolute Gasteiger partial charge is 0.226 e. The van der Waals surface area contributed by atoms with Crippen LogP contribution >= 0.6 is 23.1 Å². The number of thiazole rings is 1. The van der Waals surface area contributed by atoms with Gasteiger partial charge in [-0.05, 0) is 37.1 Å². The zero-order chi connectivity index (χ0) is 22.1. The van der Waals surface area contributed by atoms with Gasteiger partial charge < -0.3 is 10.1 Å². The maximum Gasteiger partial charge on any atom is 0.226 e. The van der Waals surface area contributed by atoms with E-state index >= 15 is 0 Å². The summed E-state index contributed by atoms with van der Waals surface area (Å²) in [5.74, 6) is 1.16. The molecule has 8 heteroatoms. The van der Waals surface area contributed by atoms with Crippen molar-refractivity contribution in [2.75, 3.05) is 18.2 Å². The molecule has 0 atom stereocenters. The van der Waals surface area contributed by atoms with Gasteiger partial charge in [-0.2, -0.15) is 5.26 Å². The van der Waals surface area contributed by atoms with Crippen LogP contribution in [0.25, 0.3) is 11.3 Å². The maximum atomic E-state index is 12.4. The summed E-state index contributed by atoms with van der Waals surface area (Å²) in [5, 5.41) is 15.3. The molecule has 1 aromatic carbocycles. The van der Waals surface area contributed by atoms with Crippen LogP contribution in [0.15, 0.2) is 46.8 Å². The van der Waals surface area contributed by atoms with E-state index in [0.29, 0.717) is 27.9 Å². The Kier molecular flexibility index (Phi) is 8.44. The number of amides is 1. The molecule has 31 heavy (non-hydrogen) atoms. The summed E-state index contributed by atoms with van der Waals surface area (Å²) in [6, 6.07) is 13.5. The molecule has 0 bridgehead atoms. The van der Waals surface area contributed by atoms with Crippen LogP contribution in [0.4, 0.5) is 5.13 Å². The third-order valence-corrected chi connectivity index (χ3v) is 6.28. The van der Waals surface area contributed by atoms with Crippen molar-refractivity contribution < 1.29 is 9.53 Å². The lowest BCUT2D eigenvalue weighted by Crippen LogP contribution is -2.12. The fourth-order valence-electron chi connectivity index (χ4n) is 2.90. The molecule has 0 saturated heterocycles. The van der Waals surface area contributed by atoms with E-state index in [2.05, 4.69) is 28.3 Å². The predicted molar refractivity (Wildman–Crippen MR) is 126 cm³/mol. The SMILES string of the molecule is CCCCc1ccc(C#N)c(SCCC(=O)Nc2nc(-c3ccccc3OC)cs2)n1. The summed E-state index contributed by atoms with van der Waals surface area (Å²) in [7, 11) is 1.62. The number of hydrogen-bond donors (Lipinski definition) is 1. The lowest BCUT2D eigenvalue weighted by Gasteiger charge is -2.06. The maximum absolute atomic E-state index is 12.4. The van der Waals surface area contributed by atoms with E-state index in [0.717, 1.165) is 42.0 Å². The Balaban J connectivity index is 1.56. The highest BCUT2D eigenvalue weighted by atomic mass is 32.2. The van der Waals surface area contributed by atoms with E-state index in [9.17, 15) is 10.1 Å². The third kappa shape index (κ3) is 6.29. The second kappa shape index (κ2) is 11.5. The van der Waals surface area contributed by atoms with Crippen LogP contribution < -0.4 is 10.1 Å². The number of aromatic nitrogens is 2. The average Bonchev–Trinajstić information content (AvgIpc) is 3.25. The Morgan fingerprint density at radius 3 is 2.87 bits per heavy atom. The number of hydrogen-bond acceptors (Lipinski definition) is 7. The Morgan fingerprint density at radius 1 is 1.26 bits per heavy atom. The zero-order valence-corrected chi connectivity index (χ0v) is 19.2. The molecular weight excluding hydrogens is 428 g/mol. The quantitative estimate of drug-likeness (QED) is 0.406. The van der Waals surface area contributed by atoms with E-state index in [-0.39, 0.29) is 5.91 Å². The van der Waals surface area contributed by atoms with Crippen molar-refractivity contribution in [3.63, 3.8) is 0 Å². The van der Waals surface area contributed by atoms with Crippen molar-refractivity contribution in [2.24, 2.45) is 0 Å². The molecule has 2 heterocycles. The van der Waals surface area contributed by atoms with Crippen molar-refractivity contribution in [3.05, 3.63) is 53.0 Å². The molecule has 160 valence electrons. The first-order valence-electron chi connectivity index (χ1n) is 10.1. The number of carbonyl (C=O) groups excluding carboxylic acids is 1. The molecule has 0 aliphatic carbocycles. The highest BCUT2D eigenvalue weighted by Crippen LogP contribution is 2.32. The van der Waals surface area contributed by atoms with Gasteiger partial charge in [0.2, 0.25) is 5.91 Å². The van der Waals surface area contributed by atoms with Gasteiger partial charge in [-0.25, -0.2) is 9.97 Å². The minimum Gasteiger partial charge on any atom is -0.496 e. The Bertz CT molecular complexity index is 1080. The van der Waals surface area contributed by atoms with Gasteiger partial charge in [-0.15, -0.1) is 23.1 Å². The van der Waals surface area contributed by atoms with E-state index < -0.39 is 0 Å². The summed E-state index contributed by atoms with van der Waals surface area (Å²) < 4.78 is 5.38. The molecule has 3 aromatic rings. The average molecular weight is 453 g/mol. The molecule has 3 rings (SSSR count). The second-order valence-corrected chi connectivity index (χ2v) is 8.70. The van der Waals surface area contributed by atoms with Crippen LogP contribution in [0.2, 0.25) is 0 Å². The molecule has 1 amide bonds. The summed E-state index contributed by atoms with van der Waals surface area (Å²) in [4.78, 5) is 21.5. The van der Waals surface area contributed by atoms with Crippen molar-refractivity contribution in [1.82, 2.24) is 9.97 Å². The largest absolute Gasteiger partial charge is 0.496 e. The van der Waals surface area contributed by atoms with Crippen molar-refractivity contribution in [3.8, 4) is 23.1 Å². The number of benzene rings is 1. The van der Waals surface area contributed by atoms with E-state index in [1.54, 1.807) is 7.11 Å². The fraction of sp³-hybridized carbons (Fsp3) is 0.304. The number of nitrogens with zero attached hydrogens (tertiary/aromatic N) is 3. The molecule has 0 aliphatic heterocycles. The van der Waals surface area contributed by atoms with Crippen LogP contribution in [-0.2, 0) is 11.2 Å². The Morgan fingerprint density at radius 2 is 2.10 bits per heavy atom. The number of pyridine rings is 1. The number of methoxy groups -OCH3 is 1. The van der Waals surface area contributed by atoms with Gasteiger partial charge in [-0.1, -0.05) is 25.5 Å².